The number of hydrogen-bond acceptors (Lipinski definition) is 3. The highest BCUT2D eigenvalue weighted by molar-refractivity contribution is 9.10. The molecule has 0 atom stereocenters. The van der Waals surface area contributed by atoms with E-state index in [-0.39, 0.29) is 11.8 Å². The molecule has 2 heterocycles. The van der Waals surface area contributed by atoms with Gasteiger partial charge in [0, 0.05) is 19.3 Å². The van der Waals surface area contributed by atoms with Gasteiger partial charge in [0.15, 0.2) is 0 Å². The van der Waals surface area contributed by atoms with Crippen LogP contribution in [0.3, 0.4) is 0 Å². The van der Waals surface area contributed by atoms with Crippen molar-refractivity contribution >= 4 is 21.7 Å². The Hall–Kier alpha value is -1.43. The first kappa shape index (κ1) is 12.0. The smallest absolute Gasteiger partial charge is 0.232 e. The van der Waals surface area contributed by atoms with Gasteiger partial charge in [-0.2, -0.15) is 5.10 Å². The molecule has 5 nitrogen and oxygen atoms in total. The zero-order valence-corrected chi connectivity index (χ0v) is 11.5. The molecule has 0 aliphatic carbocycles. The first-order valence-electron chi connectivity index (χ1n) is 5.26. The van der Waals surface area contributed by atoms with Crippen molar-refractivity contribution in [2.75, 3.05) is 0 Å². The topological polar surface area (TPSA) is 52.7 Å². The van der Waals surface area contributed by atoms with Gasteiger partial charge >= 0.3 is 0 Å². The second-order valence-electron chi connectivity index (χ2n) is 4.13. The summed E-state index contributed by atoms with van der Waals surface area (Å²) in [6.45, 7) is 3.96. The SMILES string of the molecule is CC(C)n1ncc(Br)c1C(=O)c1cn(C)cn1. The van der Waals surface area contributed by atoms with Crippen LogP contribution in [0.5, 0.6) is 0 Å². The molecule has 0 N–H and O–H groups in total. The lowest BCUT2D eigenvalue weighted by Gasteiger charge is -2.09. The molecule has 2 rings (SSSR count). The van der Waals surface area contributed by atoms with E-state index in [1.54, 1.807) is 28.0 Å². The standard InChI is InChI=1S/C11H13BrN4O/c1-7(2)16-10(8(12)4-14-16)11(17)9-5-15(3)6-13-9/h4-7H,1-3H3. The minimum absolute atomic E-state index is 0.122. The third kappa shape index (κ3) is 2.17. The van der Waals surface area contributed by atoms with Crippen LogP contribution in [-0.2, 0) is 7.05 Å². The predicted molar refractivity (Wildman–Crippen MR) is 67.0 cm³/mol. The van der Waals surface area contributed by atoms with E-state index in [1.165, 1.54) is 0 Å². The average Bonchev–Trinajstić information content (AvgIpc) is 2.83. The monoisotopic (exact) mass is 296 g/mol. The van der Waals surface area contributed by atoms with Crippen LogP contribution in [0.4, 0.5) is 0 Å². The molecule has 0 fully saturated rings. The molecule has 0 spiro atoms. The number of halogens is 1. The van der Waals surface area contributed by atoms with Gasteiger partial charge in [-0.05, 0) is 29.8 Å². The van der Waals surface area contributed by atoms with E-state index in [2.05, 4.69) is 26.0 Å². The molecule has 0 saturated heterocycles. The van der Waals surface area contributed by atoms with E-state index in [0.717, 1.165) is 0 Å². The highest BCUT2D eigenvalue weighted by atomic mass is 79.9. The number of carbonyl (C=O) groups is 1. The molecule has 0 aliphatic heterocycles. The van der Waals surface area contributed by atoms with Crippen molar-refractivity contribution in [3.8, 4) is 0 Å². The lowest BCUT2D eigenvalue weighted by atomic mass is 10.2. The van der Waals surface area contributed by atoms with Crippen molar-refractivity contribution in [3.63, 3.8) is 0 Å². The van der Waals surface area contributed by atoms with Crippen LogP contribution in [0.1, 0.15) is 36.1 Å². The number of nitrogens with zero attached hydrogens (tertiary/aromatic N) is 4. The number of hydrogen-bond donors (Lipinski definition) is 0. The van der Waals surface area contributed by atoms with Crippen molar-refractivity contribution in [1.29, 1.82) is 0 Å². The summed E-state index contributed by atoms with van der Waals surface area (Å²) in [7, 11) is 1.83. The summed E-state index contributed by atoms with van der Waals surface area (Å²) in [5.74, 6) is -0.122. The Balaban J connectivity index is 2.47. The second-order valence-corrected chi connectivity index (χ2v) is 4.99. The van der Waals surface area contributed by atoms with E-state index in [4.69, 9.17) is 0 Å². The number of carbonyl (C=O) groups excluding carboxylic acids is 1. The fourth-order valence-electron chi connectivity index (χ4n) is 1.60. The molecule has 0 unspecified atom stereocenters. The van der Waals surface area contributed by atoms with Crippen LogP contribution in [0, 0.1) is 0 Å². The predicted octanol–water partition coefficient (Wildman–Crippen LogP) is 2.19. The van der Waals surface area contributed by atoms with Crippen molar-refractivity contribution < 1.29 is 4.79 Å². The maximum Gasteiger partial charge on any atom is 0.232 e. The van der Waals surface area contributed by atoms with E-state index in [0.29, 0.717) is 15.9 Å². The Morgan fingerprint density at radius 2 is 2.18 bits per heavy atom. The summed E-state index contributed by atoms with van der Waals surface area (Å²) in [6.07, 6.45) is 4.94. The maximum atomic E-state index is 12.3. The Morgan fingerprint density at radius 1 is 1.47 bits per heavy atom. The Bertz CT molecular complexity index is 556. The Kier molecular flexibility index (Phi) is 3.15. The van der Waals surface area contributed by atoms with E-state index in [9.17, 15) is 4.79 Å². The van der Waals surface area contributed by atoms with E-state index in [1.807, 2.05) is 20.9 Å². The Labute approximate surface area is 108 Å². The van der Waals surface area contributed by atoms with Crippen molar-refractivity contribution in [2.24, 2.45) is 7.05 Å². The molecule has 2 aromatic rings. The van der Waals surface area contributed by atoms with E-state index >= 15 is 0 Å². The highest BCUT2D eigenvalue weighted by Gasteiger charge is 2.21. The van der Waals surface area contributed by atoms with Crippen LogP contribution in [0.2, 0.25) is 0 Å². The average molecular weight is 297 g/mol. The molecule has 17 heavy (non-hydrogen) atoms. The first-order chi connectivity index (χ1) is 8.00. The minimum atomic E-state index is -0.122. The largest absolute Gasteiger partial charge is 0.340 e. The summed E-state index contributed by atoms with van der Waals surface area (Å²) in [6, 6.07) is 0.129. The molecular weight excluding hydrogens is 284 g/mol. The molecule has 90 valence electrons. The highest BCUT2D eigenvalue weighted by Crippen LogP contribution is 2.22. The summed E-state index contributed by atoms with van der Waals surface area (Å²) in [4.78, 5) is 16.4. The first-order valence-corrected chi connectivity index (χ1v) is 6.05. The van der Waals surface area contributed by atoms with Gasteiger partial charge in [0.25, 0.3) is 0 Å². The number of aromatic nitrogens is 4. The third-order valence-electron chi connectivity index (χ3n) is 2.39. The molecule has 6 heteroatoms. The maximum absolute atomic E-state index is 12.3. The van der Waals surface area contributed by atoms with Gasteiger partial charge in [-0.3, -0.25) is 9.48 Å². The van der Waals surface area contributed by atoms with Crippen LogP contribution in [-0.4, -0.2) is 25.1 Å². The molecule has 0 aliphatic rings. The van der Waals surface area contributed by atoms with Crippen LogP contribution >= 0.6 is 15.9 Å². The lowest BCUT2D eigenvalue weighted by Crippen LogP contribution is -2.14. The summed E-state index contributed by atoms with van der Waals surface area (Å²) in [5, 5.41) is 4.18. The quantitative estimate of drug-likeness (QED) is 0.816. The second kappa shape index (κ2) is 4.44. The number of rotatable bonds is 3. The molecule has 0 saturated carbocycles. The molecular formula is C11H13BrN4O. The third-order valence-corrected chi connectivity index (χ3v) is 2.97. The normalized spacial score (nSPS) is 11.1. The number of imidazole rings is 1. The number of ketones is 1. The van der Waals surface area contributed by atoms with Gasteiger partial charge in [-0.25, -0.2) is 4.98 Å². The van der Waals surface area contributed by atoms with Gasteiger partial charge in [-0.1, -0.05) is 0 Å². The van der Waals surface area contributed by atoms with Gasteiger partial charge < -0.3 is 4.57 Å². The van der Waals surface area contributed by atoms with Crippen molar-refractivity contribution in [1.82, 2.24) is 19.3 Å². The molecule has 2 aromatic heterocycles. The zero-order valence-electron chi connectivity index (χ0n) is 9.88. The molecule has 0 radical (unpaired) electrons. The minimum Gasteiger partial charge on any atom is -0.340 e. The lowest BCUT2D eigenvalue weighted by molar-refractivity contribution is 0.102. The summed E-state index contributed by atoms with van der Waals surface area (Å²) >= 11 is 3.35. The fourth-order valence-corrected chi connectivity index (χ4v) is 2.05. The van der Waals surface area contributed by atoms with Crippen LogP contribution in [0.25, 0.3) is 0 Å². The molecule has 0 amide bonds. The van der Waals surface area contributed by atoms with Gasteiger partial charge in [0.2, 0.25) is 5.78 Å². The zero-order chi connectivity index (χ0) is 12.6. The van der Waals surface area contributed by atoms with Gasteiger partial charge in [-0.15, -0.1) is 0 Å². The van der Waals surface area contributed by atoms with Crippen molar-refractivity contribution in [2.45, 2.75) is 19.9 Å². The molecule has 0 bridgehead atoms. The van der Waals surface area contributed by atoms with Crippen LogP contribution in [0.15, 0.2) is 23.2 Å². The fraction of sp³-hybridized carbons (Fsp3) is 0.364. The summed E-state index contributed by atoms with van der Waals surface area (Å²) < 4.78 is 4.14. The van der Waals surface area contributed by atoms with Crippen LogP contribution < -0.4 is 0 Å². The number of aryl methyl sites for hydroxylation is 1. The van der Waals surface area contributed by atoms with Crippen molar-refractivity contribution in [3.05, 3.63) is 34.6 Å². The Morgan fingerprint density at radius 3 is 2.71 bits per heavy atom. The van der Waals surface area contributed by atoms with Gasteiger partial charge in [0.05, 0.1) is 17.0 Å². The van der Waals surface area contributed by atoms with E-state index < -0.39 is 0 Å². The summed E-state index contributed by atoms with van der Waals surface area (Å²) in [5.41, 5.74) is 0.967. The van der Waals surface area contributed by atoms with Gasteiger partial charge in [0.1, 0.15) is 11.4 Å². The molecule has 0 aromatic carbocycles.